The fourth-order valence-corrected chi connectivity index (χ4v) is 0.901. The number of hydrogen-bond acceptors (Lipinski definition) is 3. The first-order chi connectivity index (χ1) is 6.13. The van der Waals surface area contributed by atoms with Crippen LogP contribution in [0.15, 0.2) is 30.6 Å². The molecule has 0 radical (unpaired) electrons. The predicted molar refractivity (Wildman–Crippen MR) is 43.5 cm³/mol. The van der Waals surface area contributed by atoms with Crippen molar-refractivity contribution < 1.29 is 19.6 Å². The van der Waals surface area contributed by atoms with Gasteiger partial charge in [0.05, 0.1) is 0 Å². The number of carboxylic acids is 1. The molecule has 4 N–H and O–H groups in total. The lowest BCUT2D eigenvalue weighted by Gasteiger charge is -2.09. The van der Waals surface area contributed by atoms with Gasteiger partial charge < -0.3 is 15.9 Å². The van der Waals surface area contributed by atoms with Gasteiger partial charge in [-0.25, -0.2) is 0 Å². The van der Waals surface area contributed by atoms with E-state index in [0.717, 1.165) is 0 Å². The van der Waals surface area contributed by atoms with Gasteiger partial charge in [-0.05, 0) is 0 Å². The van der Waals surface area contributed by atoms with Crippen LogP contribution < -0.4 is 10.3 Å². The summed E-state index contributed by atoms with van der Waals surface area (Å²) in [5.41, 5.74) is 5.22. The number of nitrogens with two attached hydrogens (primary N) is 1. The summed E-state index contributed by atoms with van der Waals surface area (Å²) in [6.07, 6.45) is 1.86. The van der Waals surface area contributed by atoms with Gasteiger partial charge in [0, 0.05) is 12.1 Å². The second-order valence-electron chi connectivity index (χ2n) is 2.60. The summed E-state index contributed by atoms with van der Waals surface area (Å²) in [6, 6.07) is 3.80. The highest BCUT2D eigenvalue weighted by Crippen LogP contribution is 1.95. The normalized spacial score (nSPS) is 14.9. The molecule has 1 rings (SSSR count). The maximum absolute atomic E-state index is 10.4. The zero-order valence-electron chi connectivity index (χ0n) is 6.87. The minimum absolute atomic E-state index is 1.23. The monoisotopic (exact) mass is 183 g/mol. The minimum Gasteiger partial charge on any atom is -0.480 e. The molecule has 1 aromatic heterocycles. The Morgan fingerprint density at radius 2 is 1.85 bits per heavy atom. The molecule has 2 atom stereocenters. The molecule has 0 aliphatic heterocycles. The summed E-state index contributed by atoms with van der Waals surface area (Å²) in [5.74, 6) is -1.23. The molecule has 5 heteroatoms. The summed E-state index contributed by atoms with van der Waals surface area (Å²) in [7, 11) is 0. The van der Waals surface area contributed by atoms with Crippen molar-refractivity contribution in [2.45, 2.75) is 12.3 Å². The first-order valence-electron chi connectivity index (χ1n) is 3.75. The number of hydrogen-bond donors (Lipinski definition) is 3. The number of pyridine rings is 1. The van der Waals surface area contributed by atoms with Crippen LogP contribution in [0.25, 0.3) is 0 Å². The van der Waals surface area contributed by atoms with Gasteiger partial charge in [-0.3, -0.25) is 4.79 Å². The van der Waals surface area contributed by atoms with Gasteiger partial charge >= 0.3 is 5.97 Å². The number of aliphatic hydroxyl groups excluding tert-OH is 1. The standard InChI is InChI=1S/C8H10N2O3/c9-6(8(12)13)7(11)10-4-2-1-3-5-10/h1-7,11H,9H2/p+1. The molecular weight excluding hydrogens is 172 g/mol. The molecule has 0 saturated carbocycles. The van der Waals surface area contributed by atoms with Crippen LogP contribution in [0.3, 0.4) is 0 Å². The van der Waals surface area contributed by atoms with Crippen LogP contribution in [0, 0.1) is 0 Å². The van der Waals surface area contributed by atoms with E-state index >= 15 is 0 Å². The highest BCUT2D eigenvalue weighted by atomic mass is 16.4. The summed E-state index contributed by atoms with van der Waals surface area (Å²) in [6.45, 7) is 0. The van der Waals surface area contributed by atoms with E-state index in [-0.39, 0.29) is 0 Å². The SMILES string of the molecule is NC(C(=O)O)C(O)[n+]1ccccc1. The van der Waals surface area contributed by atoms with Gasteiger partial charge in [0.2, 0.25) is 0 Å². The molecule has 0 spiro atoms. The van der Waals surface area contributed by atoms with Crippen molar-refractivity contribution in [1.82, 2.24) is 0 Å². The van der Waals surface area contributed by atoms with Crippen molar-refractivity contribution >= 4 is 5.97 Å². The van der Waals surface area contributed by atoms with Crippen molar-refractivity contribution in [2.75, 3.05) is 0 Å². The second kappa shape index (κ2) is 3.97. The average Bonchev–Trinajstić information content (AvgIpc) is 2.17. The lowest BCUT2D eigenvalue weighted by Crippen LogP contribution is -2.52. The molecule has 1 aromatic rings. The van der Waals surface area contributed by atoms with Crippen LogP contribution >= 0.6 is 0 Å². The Hall–Kier alpha value is -1.46. The fourth-order valence-electron chi connectivity index (χ4n) is 0.901. The van der Waals surface area contributed by atoms with E-state index in [9.17, 15) is 9.90 Å². The van der Waals surface area contributed by atoms with Gasteiger partial charge in [0.15, 0.2) is 18.4 Å². The van der Waals surface area contributed by atoms with Gasteiger partial charge in [-0.2, -0.15) is 4.57 Å². The van der Waals surface area contributed by atoms with Crippen molar-refractivity contribution in [3.8, 4) is 0 Å². The van der Waals surface area contributed by atoms with Crippen LogP contribution in [0.4, 0.5) is 0 Å². The average molecular weight is 183 g/mol. The number of carboxylic acid groups (broad SMARTS) is 1. The first-order valence-corrected chi connectivity index (χ1v) is 3.75. The fraction of sp³-hybridized carbons (Fsp3) is 0.250. The number of aliphatic carboxylic acids is 1. The van der Waals surface area contributed by atoms with Gasteiger partial charge in [-0.1, -0.05) is 6.07 Å². The Morgan fingerprint density at radius 3 is 2.31 bits per heavy atom. The van der Waals surface area contributed by atoms with Crippen molar-refractivity contribution in [3.63, 3.8) is 0 Å². The summed E-state index contributed by atoms with van der Waals surface area (Å²) in [4.78, 5) is 10.4. The number of rotatable bonds is 3. The molecule has 1 heterocycles. The van der Waals surface area contributed by atoms with Crippen molar-refractivity contribution in [3.05, 3.63) is 30.6 Å². The zero-order chi connectivity index (χ0) is 9.84. The second-order valence-corrected chi connectivity index (χ2v) is 2.60. The topological polar surface area (TPSA) is 87.4 Å². The molecule has 0 aliphatic rings. The Balaban J connectivity index is 2.79. The van der Waals surface area contributed by atoms with Crippen LogP contribution in [0.1, 0.15) is 6.23 Å². The van der Waals surface area contributed by atoms with E-state index in [2.05, 4.69) is 0 Å². The Bertz CT molecular complexity index is 289. The largest absolute Gasteiger partial charge is 0.480 e. The van der Waals surface area contributed by atoms with Crippen LogP contribution in [0.2, 0.25) is 0 Å². The molecule has 0 aliphatic carbocycles. The van der Waals surface area contributed by atoms with E-state index in [1.165, 1.54) is 4.57 Å². The van der Waals surface area contributed by atoms with Gasteiger partial charge in [0.25, 0.3) is 6.23 Å². The molecule has 0 fully saturated rings. The van der Waals surface area contributed by atoms with Crippen LogP contribution in [-0.4, -0.2) is 22.2 Å². The number of aliphatic hydroxyl groups is 1. The van der Waals surface area contributed by atoms with E-state index in [1.54, 1.807) is 30.6 Å². The molecule has 0 aromatic carbocycles. The van der Waals surface area contributed by atoms with Crippen molar-refractivity contribution in [1.29, 1.82) is 0 Å². The van der Waals surface area contributed by atoms with E-state index < -0.39 is 18.2 Å². The molecule has 0 saturated heterocycles. The van der Waals surface area contributed by atoms with E-state index in [1.807, 2.05) is 0 Å². The summed E-state index contributed by atoms with van der Waals surface area (Å²) in [5, 5.41) is 17.9. The molecule has 13 heavy (non-hydrogen) atoms. The van der Waals surface area contributed by atoms with Gasteiger partial charge in [0.1, 0.15) is 0 Å². The Labute approximate surface area is 75.0 Å². The Kier molecular flexibility index (Phi) is 2.94. The third-order valence-electron chi connectivity index (χ3n) is 1.65. The summed E-state index contributed by atoms with van der Waals surface area (Å²) >= 11 is 0. The van der Waals surface area contributed by atoms with E-state index in [4.69, 9.17) is 10.8 Å². The Morgan fingerprint density at radius 1 is 1.31 bits per heavy atom. The number of nitrogens with zero attached hydrogens (tertiary/aromatic N) is 1. The minimum atomic E-state index is -1.31. The summed E-state index contributed by atoms with van der Waals surface area (Å²) < 4.78 is 1.33. The highest BCUT2D eigenvalue weighted by molar-refractivity contribution is 5.73. The highest BCUT2D eigenvalue weighted by Gasteiger charge is 2.29. The molecule has 0 amide bonds. The molecule has 5 nitrogen and oxygen atoms in total. The molecule has 70 valence electrons. The molecular formula is C8H11N2O3+. The molecule has 0 bridgehead atoms. The van der Waals surface area contributed by atoms with Gasteiger partial charge in [-0.15, -0.1) is 0 Å². The third-order valence-corrected chi connectivity index (χ3v) is 1.65. The lowest BCUT2D eigenvalue weighted by molar-refractivity contribution is -0.760. The lowest BCUT2D eigenvalue weighted by atomic mass is 10.2. The van der Waals surface area contributed by atoms with Crippen LogP contribution in [0.5, 0.6) is 0 Å². The quantitative estimate of drug-likeness (QED) is 0.518. The maximum Gasteiger partial charge on any atom is 0.330 e. The molecule has 2 unspecified atom stereocenters. The third kappa shape index (κ3) is 2.24. The smallest absolute Gasteiger partial charge is 0.330 e. The predicted octanol–water partition coefficient (Wildman–Crippen LogP) is -1.12. The maximum atomic E-state index is 10.4. The first kappa shape index (κ1) is 9.63. The zero-order valence-corrected chi connectivity index (χ0v) is 6.87. The number of aromatic nitrogens is 1. The van der Waals surface area contributed by atoms with Crippen molar-refractivity contribution in [2.24, 2.45) is 5.73 Å². The van der Waals surface area contributed by atoms with E-state index in [0.29, 0.717) is 0 Å². The number of carbonyl (C=O) groups is 1. The van der Waals surface area contributed by atoms with Crippen LogP contribution in [-0.2, 0) is 4.79 Å².